The highest BCUT2D eigenvalue weighted by atomic mass is 32.1. The highest BCUT2D eigenvalue weighted by Gasteiger charge is 2.13. The molecule has 0 saturated heterocycles. The quantitative estimate of drug-likeness (QED) is 0.780. The number of aryl methyl sites for hydroxylation is 1. The molecule has 0 radical (unpaired) electrons. The molecular weight excluding hydrogens is 234 g/mol. The molecule has 0 amide bonds. The predicted molar refractivity (Wildman–Crippen MR) is 67.9 cm³/mol. The largest absolute Gasteiger partial charge is 0.496 e. The highest BCUT2D eigenvalue weighted by molar-refractivity contribution is 7.09. The topological polar surface area (TPSA) is 39.2 Å². The van der Waals surface area contributed by atoms with Gasteiger partial charge in [0.05, 0.1) is 18.2 Å². The fourth-order valence-electron chi connectivity index (χ4n) is 1.62. The molecule has 2 aromatic rings. The van der Waals surface area contributed by atoms with Gasteiger partial charge in [0.25, 0.3) is 0 Å². The minimum absolute atomic E-state index is 0.0646. The van der Waals surface area contributed by atoms with Crippen molar-refractivity contribution in [3.8, 4) is 5.75 Å². The summed E-state index contributed by atoms with van der Waals surface area (Å²) in [5.41, 5.74) is 3.43. The maximum atomic E-state index is 12.1. The summed E-state index contributed by atoms with van der Waals surface area (Å²) in [5.74, 6) is 0.694. The van der Waals surface area contributed by atoms with E-state index in [1.165, 1.54) is 11.3 Å². The monoisotopic (exact) mass is 247 g/mol. The van der Waals surface area contributed by atoms with E-state index >= 15 is 0 Å². The minimum Gasteiger partial charge on any atom is -0.496 e. The number of benzene rings is 1. The van der Waals surface area contributed by atoms with Gasteiger partial charge in [0.2, 0.25) is 0 Å². The van der Waals surface area contributed by atoms with E-state index in [1.807, 2.05) is 25.1 Å². The number of aromatic nitrogens is 1. The molecule has 0 atom stereocenters. The SMILES string of the molecule is COc1ccc(C)cc1C(=O)Cc1cncs1. The smallest absolute Gasteiger partial charge is 0.171 e. The van der Waals surface area contributed by atoms with Gasteiger partial charge in [-0.25, -0.2) is 0 Å². The van der Waals surface area contributed by atoms with Gasteiger partial charge in [0.15, 0.2) is 5.78 Å². The van der Waals surface area contributed by atoms with Crippen LogP contribution in [0, 0.1) is 6.92 Å². The summed E-state index contributed by atoms with van der Waals surface area (Å²) in [6.45, 7) is 1.96. The van der Waals surface area contributed by atoms with Crippen molar-refractivity contribution in [2.75, 3.05) is 7.11 Å². The van der Waals surface area contributed by atoms with Crippen LogP contribution in [-0.2, 0) is 6.42 Å². The Labute approximate surface area is 104 Å². The van der Waals surface area contributed by atoms with Crippen molar-refractivity contribution in [3.63, 3.8) is 0 Å². The van der Waals surface area contributed by atoms with E-state index in [1.54, 1.807) is 18.8 Å². The number of rotatable bonds is 4. The lowest BCUT2D eigenvalue weighted by atomic mass is 10.0. The van der Waals surface area contributed by atoms with Gasteiger partial charge in [0, 0.05) is 17.5 Å². The Hall–Kier alpha value is -1.68. The van der Waals surface area contributed by atoms with Crippen LogP contribution >= 0.6 is 11.3 Å². The van der Waals surface area contributed by atoms with Crippen molar-refractivity contribution in [3.05, 3.63) is 45.9 Å². The molecule has 0 aliphatic carbocycles. The maximum Gasteiger partial charge on any atom is 0.171 e. The third-order valence-electron chi connectivity index (χ3n) is 2.47. The second-order valence-corrected chi connectivity index (χ2v) is 4.74. The van der Waals surface area contributed by atoms with Crippen LogP contribution < -0.4 is 4.74 Å². The molecule has 0 unspecified atom stereocenters. The Kier molecular flexibility index (Phi) is 3.54. The Morgan fingerprint density at radius 3 is 2.94 bits per heavy atom. The minimum atomic E-state index is 0.0646. The third kappa shape index (κ3) is 2.71. The number of methoxy groups -OCH3 is 1. The first-order valence-corrected chi connectivity index (χ1v) is 6.14. The summed E-state index contributed by atoms with van der Waals surface area (Å²) in [7, 11) is 1.58. The Bertz CT molecular complexity index is 520. The van der Waals surface area contributed by atoms with Gasteiger partial charge in [0.1, 0.15) is 5.75 Å². The second kappa shape index (κ2) is 5.10. The number of nitrogens with zero attached hydrogens (tertiary/aromatic N) is 1. The van der Waals surface area contributed by atoms with Crippen LogP contribution in [0.5, 0.6) is 5.75 Å². The van der Waals surface area contributed by atoms with Crippen molar-refractivity contribution in [1.82, 2.24) is 4.98 Å². The summed E-state index contributed by atoms with van der Waals surface area (Å²) in [5, 5.41) is 0. The third-order valence-corrected chi connectivity index (χ3v) is 3.25. The van der Waals surface area contributed by atoms with Gasteiger partial charge in [-0.1, -0.05) is 11.6 Å². The lowest BCUT2D eigenvalue weighted by Gasteiger charge is -2.07. The first-order chi connectivity index (χ1) is 8.20. The van der Waals surface area contributed by atoms with Gasteiger partial charge in [-0.15, -0.1) is 11.3 Å². The number of hydrogen-bond donors (Lipinski definition) is 0. The number of Topliss-reactive ketones (excluding diaryl/α,β-unsaturated/α-hetero) is 1. The van der Waals surface area contributed by atoms with E-state index in [-0.39, 0.29) is 5.78 Å². The molecule has 0 bridgehead atoms. The average Bonchev–Trinajstić information content (AvgIpc) is 2.81. The first-order valence-electron chi connectivity index (χ1n) is 5.26. The molecule has 1 aromatic carbocycles. The normalized spacial score (nSPS) is 10.2. The van der Waals surface area contributed by atoms with Crippen LogP contribution in [0.15, 0.2) is 29.9 Å². The van der Waals surface area contributed by atoms with Crippen LogP contribution in [-0.4, -0.2) is 17.9 Å². The lowest BCUT2D eigenvalue weighted by molar-refractivity contribution is 0.0991. The number of ether oxygens (including phenoxy) is 1. The molecule has 1 aromatic heterocycles. The molecule has 2 rings (SSSR count). The van der Waals surface area contributed by atoms with Crippen molar-refractivity contribution in [2.45, 2.75) is 13.3 Å². The fraction of sp³-hybridized carbons (Fsp3) is 0.231. The Balaban J connectivity index is 2.26. The zero-order valence-corrected chi connectivity index (χ0v) is 10.6. The van der Waals surface area contributed by atoms with E-state index in [9.17, 15) is 4.79 Å². The molecule has 1 heterocycles. The van der Waals surface area contributed by atoms with Crippen LogP contribution in [0.25, 0.3) is 0 Å². The zero-order valence-electron chi connectivity index (χ0n) is 9.77. The van der Waals surface area contributed by atoms with E-state index < -0.39 is 0 Å². The summed E-state index contributed by atoms with van der Waals surface area (Å²) in [6, 6.07) is 5.62. The number of carbonyl (C=O) groups is 1. The molecule has 17 heavy (non-hydrogen) atoms. The molecule has 88 valence electrons. The molecule has 0 aliphatic rings. The van der Waals surface area contributed by atoms with Gasteiger partial charge >= 0.3 is 0 Å². The van der Waals surface area contributed by atoms with Crippen LogP contribution in [0.4, 0.5) is 0 Å². The summed E-state index contributed by atoms with van der Waals surface area (Å²) >= 11 is 1.49. The highest BCUT2D eigenvalue weighted by Crippen LogP contribution is 2.22. The van der Waals surface area contributed by atoms with Crippen molar-refractivity contribution in [2.24, 2.45) is 0 Å². The number of carbonyl (C=O) groups excluding carboxylic acids is 1. The summed E-state index contributed by atoms with van der Waals surface area (Å²) < 4.78 is 5.21. The molecule has 3 nitrogen and oxygen atoms in total. The molecule has 0 spiro atoms. The Morgan fingerprint density at radius 2 is 2.29 bits per heavy atom. The molecule has 0 aliphatic heterocycles. The first kappa shape index (κ1) is 11.8. The number of thiazole rings is 1. The zero-order chi connectivity index (χ0) is 12.3. The standard InChI is InChI=1S/C13H13NO2S/c1-9-3-4-13(16-2)11(5-9)12(15)6-10-7-14-8-17-10/h3-5,7-8H,6H2,1-2H3. The molecule has 0 fully saturated rings. The number of hydrogen-bond acceptors (Lipinski definition) is 4. The van der Waals surface area contributed by atoms with E-state index in [2.05, 4.69) is 4.98 Å². The molecule has 0 N–H and O–H groups in total. The number of ketones is 1. The molecule has 4 heteroatoms. The van der Waals surface area contributed by atoms with Crippen molar-refractivity contribution in [1.29, 1.82) is 0 Å². The molecular formula is C13H13NO2S. The lowest BCUT2D eigenvalue weighted by Crippen LogP contribution is -2.05. The average molecular weight is 247 g/mol. The van der Waals surface area contributed by atoms with Gasteiger partial charge < -0.3 is 4.74 Å². The predicted octanol–water partition coefficient (Wildman–Crippen LogP) is 2.89. The van der Waals surface area contributed by atoms with Gasteiger partial charge in [-0.05, 0) is 19.1 Å². The van der Waals surface area contributed by atoms with Gasteiger partial charge in [-0.3, -0.25) is 9.78 Å². The van der Waals surface area contributed by atoms with Gasteiger partial charge in [-0.2, -0.15) is 0 Å². The van der Waals surface area contributed by atoms with E-state index in [0.29, 0.717) is 17.7 Å². The summed E-state index contributed by atoms with van der Waals surface area (Å²) in [6.07, 6.45) is 2.11. The van der Waals surface area contributed by atoms with Crippen LogP contribution in [0.1, 0.15) is 20.8 Å². The molecule has 0 saturated carbocycles. The fourth-order valence-corrected chi connectivity index (χ4v) is 2.22. The Morgan fingerprint density at radius 1 is 1.47 bits per heavy atom. The second-order valence-electron chi connectivity index (χ2n) is 3.77. The maximum absolute atomic E-state index is 12.1. The van der Waals surface area contributed by atoms with Crippen molar-refractivity contribution < 1.29 is 9.53 Å². The van der Waals surface area contributed by atoms with Crippen LogP contribution in [0.3, 0.4) is 0 Å². The van der Waals surface area contributed by atoms with Crippen LogP contribution in [0.2, 0.25) is 0 Å². The van der Waals surface area contributed by atoms with E-state index in [0.717, 1.165) is 10.4 Å². The summed E-state index contributed by atoms with van der Waals surface area (Å²) in [4.78, 5) is 17.1. The van der Waals surface area contributed by atoms with E-state index in [4.69, 9.17) is 4.74 Å². The van der Waals surface area contributed by atoms with Crippen molar-refractivity contribution >= 4 is 17.1 Å².